The summed E-state index contributed by atoms with van der Waals surface area (Å²) in [6.07, 6.45) is 0. The van der Waals surface area contributed by atoms with Crippen molar-refractivity contribution in [3.8, 4) is 11.6 Å². The number of benzene rings is 1. The molecule has 0 fully saturated rings. The molecule has 4 rings (SSSR count). The van der Waals surface area contributed by atoms with Crippen molar-refractivity contribution in [2.24, 2.45) is 0 Å². The SMILES string of the molecule is COc1ccc2cc(-n3c(N)c4c(cc3=O)C(=O)NC4=O)ccc2n1. The Morgan fingerprint density at radius 1 is 1.08 bits per heavy atom. The van der Waals surface area contributed by atoms with Gasteiger partial charge in [0.05, 0.1) is 29.4 Å². The predicted molar refractivity (Wildman–Crippen MR) is 90.1 cm³/mol. The highest BCUT2D eigenvalue weighted by molar-refractivity contribution is 6.23. The van der Waals surface area contributed by atoms with Crippen LogP contribution in [0.4, 0.5) is 5.82 Å². The van der Waals surface area contributed by atoms with Crippen LogP contribution in [0.3, 0.4) is 0 Å². The molecule has 2 amide bonds. The Bertz CT molecular complexity index is 1130. The molecule has 0 unspecified atom stereocenters. The summed E-state index contributed by atoms with van der Waals surface area (Å²) in [7, 11) is 1.53. The van der Waals surface area contributed by atoms with Crippen molar-refractivity contribution in [2.45, 2.75) is 0 Å². The van der Waals surface area contributed by atoms with E-state index in [0.717, 1.165) is 11.5 Å². The van der Waals surface area contributed by atoms with Gasteiger partial charge in [0, 0.05) is 17.5 Å². The van der Waals surface area contributed by atoms with Gasteiger partial charge < -0.3 is 10.5 Å². The maximum atomic E-state index is 12.4. The van der Waals surface area contributed by atoms with Crippen LogP contribution in [0.15, 0.2) is 41.2 Å². The molecule has 124 valence electrons. The number of rotatable bonds is 2. The number of nitrogens with zero attached hydrogens (tertiary/aromatic N) is 2. The summed E-state index contributed by atoms with van der Waals surface area (Å²) in [5, 5.41) is 2.91. The lowest BCUT2D eigenvalue weighted by molar-refractivity contribution is 0.0880. The molecule has 0 spiro atoms. The number of pyridine rings is 2. The summed E-state index contributed by atoms with van der Waals surface area (Å²) in [5.74, 6) is -0.833. The highest BCUT2D eigenvalue weighted by Gasteiger charge is 2.31. The van der Waals surface area contributed by atoms with Gasteiger partial charge in [-0.1, -0.05) is 0 Å². The molecule has 2 aromatic heterocycles. The van der Waals surface area contributed by atoms with Crippen LogP contribution < -0.4 is 21.3 Å². The average molecular weight is 336 g/mol. The van der Waals surface area contributed by atoms with Crippen LogP contribution in [0.25, 0.3) is 16.6 Å². The zero-order chi connectivity index (χ0) is 17.7. The zero-order valence-electron chi connectivity index (χ0n) is 13.1. The third-order valence-corrected chi connectivity index (χ3v) is 4.07. The van der Waals surface area contributed by atoms with Gasteiger partial charge in [0.15, 0.2) is 0 Å². The Kier molecular flexibility index (Phi) is 3.08. The first kappa shape index (κ1) is 14.9. The first-order valence-corrected chi connectivity index (χ1v) is 7.36. The molecule has 8 nitrogen and oxygen atoms in total. The summed E-state index contributed by atoms with van der Waals surface area (Å²) in [6, 6.07) is 9.72. The minimum absolute atomic E-state index is 0.00376. The van der Waals surface area contributed by atoms with E-state index in [2.05, 4.69) is 10.3 Å². The maximum Gasteiger partial charge on any atom is 0.262 e. The molecule has 3 heterocycles. The highest BCUT2D eigenvalue weighted by Crippen LogP contribution is 2.25. The minimum atomic E-state index is -0.620. The second kappa shape index (κ2) is 5.17. The molecule has 0 atom stereocenters. The van der Waals surface area contributed by atoms with E-state index in [4.69, 9.17) is 10.5 Å². The van der Waals surface area contributed by atoms with Crippen LogP contribution in [-0.4, -0.2) is 28.5 Å². The molecule has 0 bridgehead atoms. The van der Waals surface area contributed by atoms with Crippen LogP contribution in [0, 0.1) is 0 Å². The maximum absolute atomic E-state index is 12.4. The Hall–Kier alpha value is -3.68. The van der Waals surface area contributed by atoms with Gasteiger partial charge in [-0.15, -0.1) is 0 Å². The number of methoxy groups -OCH3 is 1. The minimum Gasteiger partial charge on any atom is -0.481 e. The number of anilines is 1. The van der Waals surface area contributed by atoms with Gasteiger partial charge in [0.25, 0.3) is 17.4 Å². The lowest BCUT2D eigenvalue weighted by Crippen LogP contribution is -2.24. The number of imide groups is 1. The number of hydrogen-bond acceptors (Lipinski definition) is 6. The summed E-state index contributed by atoms with van der Waals surface area (Å²) >= 11 is 0. The van der Waals surface area contributed by atoms with Gasteiger partial charge in [-0.2, -0.15) is 0 Å². The van der Waals surface area contributed by atoms with E-state index in [1.54, 1.807) is 30.3 Å². The van der Waals surface area contributed by atoms with Crippen LogP contribution in [-0.2, 0) is 0 Å². The topological polar surface area (TPSA) is 116 Å². The number of hydrogen-bond donors (Lipinski definition) is 2. The fourth-order valence-electron chi connectivity index (χ4n) is 2.89. The number of fused-ring (bicyclic) bond motifs is 2. The summed E-state index contributed by atoms with van der Waals surface area (Å²) in [4.78, 5) is 40.4. The molecule has 1 aliphatic heterocycles. The number of carbonyl (C=O) groups excluding carboxylic acids is 2. The highest BCUT2D eigenvalue weighted by atomic mass is 16.5. The third kappa shape index (κ3) is 2.15. The molecular formula is C17H12N4O4. The number of aromatic nitrogens is 2. The zero-order valence-corrected chi connectivity index (χ0v) is 13.1. The molecule has 0 radical (unpaired) electrons. The standard InChI is InChI=1S/C17H12N4O4/c1-25-12-5-2-8-6-9(3-4-11(8)19-12)21-13(22)7-10-14(15(21)18)17(24)20-16(10)23/h2-7H,18H2,1H3,(H,20,23,24). The van der Waals surface area contributed by atoms with Gasteiger partial charge in [-0.25, -0.2) is 4.98 Å². The Morgan fingerprint density at radius 2 is 1.88 bits per heavy atom. The fraction of sp³-hybridized carbons (Fsp3) is 0.0588. The summed E-state index contributed by atoms with van der Waals surface area (Å²) in [5.41, 5.74) is 6.69. The van der Waals surface area contributed by atoms with Crippen LogP contribution >= 0.6 is 0 Å². The van der Waals surface area contributed by atoms with E-state index in [1.165, 1.54) is 11.7 Å². The molecule has 3 N–H and O–H groups in total. The van der Waals surface area contributed by atoms with Crippen molar-refractivity contribution in [2.75, 3.05) is 12.8 Å². The van der Waals surface area contributed by atoms with E-state index in [9.17, 15) is 14.4 Å². The average Bonchev–Trinajstić information content (AvgIpc) is 2.88. The summed E-state index contributed by atoms with van der Waals surface area (Å²) < 4.78 is 6.28. The predicted octanol–water partition coefficient (Wildman–Crippen LogP) is 0.860. The molecule has 8 heteroatoms. The number of nitrogens with two attached hydrogens (primary N) is 1. The fourth-order valence-corrected chi connectivity index (χ4v) is 2.89. The molecule has 1 aromatic carbocycles. The summed E-state index contributed by atoms with van der Waals surface area (Å²) in [6.45, 7) is 0. The van der Waals surface area contributed by atoms with Crippen molar-refractivity contribution in [3.63, 3.8) is 0 Å². The van der Waals surface area contributed by atoms with Crippen molar-refractivity contribution in [1.29, 1.82) is 0 Å². The van der Waals surface area contributed by atoms with Crippen molar-refractivity contribution < 1.29 is 14.3 Å². The smallest absolute Gasteiger partial charge is 0.262 e. The van der Waals surface area contributed by atoms with Crippen molar-refractivity contribution in [3.05, 3.63) is 57.9 Å². The van der Waals surface area contributed by atoms with Crippen LogP contribution in [0.2, 0.25) is 0 Å². The normalized spacial score (nSPS) is 13.0. The monoisotopic (exact) mass is 336 g/mol. The van der Waals surface area contributed by atoms with E-state index >= 15 is 0 Å². The third-order valence-electron chi connectivity index (χ3n) is 4.07. The lowest BCUT2D eigenvalue weighted by atomic mass is 10.1. The van der Waals surface area contributed by atoms with E-state index in [-0.39, 0.29) is 16.9 Å². The largest absolute Gasteiger partial charge is 0.481 e. The number of ether oxygens (including phenoxy) is 1. The Labute approximate surface area is 140 Å². The number of amides is 2. The number of nitrogens with one attached hydrogen (secondary N) is 1. The van der Waals surface area contributed by atoms with Gasteiger partial charge in [-0.3, -0.25) is 24.3 Å². The first-order chi connectivity index (χ1) is 12.0. The molecule has 0 saturated heterocycles. The van der Waals surface area contributed by atoms with Crippen LogP contribution in [0.5, 0.6) is 5.88 Å². The second-order valence-corrected chi connectivity index (χ2v) is 5.51. The lowest BCUT2D eigenvalue weighted by Gasteiger charge is -2.12. The first-order valence-electron chi connectivity index (χ1n) is 7.36. The molecular weight excluding hydrogens is 324 g/mol. The van der Waals surface area contributed by atoms with E-state index < -0.39 is 17.4 Å². The van der Waals surface area contributed by atoms with Crippen molar-refractivity contribution in [1.82, 2.24) is 14.9 Å². The van der Waals surface area contributed by atoms with E-state index in [0.29, 0.717) is 17.1 Å². The van der Waals surface area contributed by atoms with Crippen molar-refractivity contribution >= 4 is 28.5 Å². The second-order valence-electron chi connectivity index (χ2n) is 5.51. The number of nitrogen functional groups attached to an aromatic ring is 1. The Balaban J connectivity index is 1.95. The van der Waals surface area contributed by atoms with Gasteiger partial charge >= 0.3 is 0 Å². The number of carbonyl (C=O) groups is 2. The van der Waals surface area contributed by atoms with Gasteiger partial charge in [0.1, 0.15) is 5.82 Å². The van der Waals surface area contributed by atoms with Gasteiger partial charge in [0.2, 0.25) is 5.88 Å². The van der Waals surface area contributed by atoms with E-state index in [1.807, 2.05) is 0 Å². The molecule has 0 saturated carbocycles. The molecule has 3 aromatic rings. The van der Waals surface area contributed by atoms with Gasteiger partial charge in [-0.05, 0) is 24.3 Å². The quantitative estimate of drug-likeness (QED) is 0.671. The molecule has 0 aliphatic carbocycles. The van der Waals surface area contributed by atoms with Crippen LogP contribution in [0.1, 0.15) is 20.7 Å². The Morgan fingerprint density at radius 3 is 2.64 bits per heavy atom. The molecule has 25 heavy (non-hydrogen) atoms. The molecule has 1 aliphatic rings.